The van der Waals surface area contributed by atoms with E-state index in [1.807, 2.05) is 0 Å². The number of benzene rings is 1. The van der Waals surface area contributed by atoms with Gasteiger partial charge >= 0.3 is 6.18 Å². The number of likely N-dealkylation sites (N-methyl/N-ethyl adjacent to an activating group) is 1. The van der Waals surface area contributed by atoms with Crippen LogP contribution in [-0.2, 0) is 11.0 Å². The van der Waals surface area contributed by atoms with Crippen LogP contribution in [0.5, 0.6) is 5.75 Å². The predicted octanol–water partition coefficient (Wildman–Crippen LogP) is 3.96. The fourth-order valence-corrected chi connectivity index (χ4v) is 2.48. The Balaban J connectivity index is 2.69. The van der Waals surface area contributed by atoms with E-state index >= 15 is 0 Å². The maximum absolute atomic E-state index is 13.2. The van der Waals surface area contributed by atoms with Crippen molar-refractivity contribution < 1.29 is 22.7 Å². The molecule has 0 bridgehead atoms. The van der Waals surface area contributed by atoms with E-state index in [4.69, 9.17) is 4.74 Å². The van der Waals surface area contributed by atoms with E-state index in [9.17, 15) is 18.0 Å². The number of hydrogen-bond donors (Lipinski definition) is 0. The highest BCUT2D eigenvalue weighted by molar-refractivity contribution is 6.02. The third kappa shape index (κ3) is 2.59. The van der Waals surface area contributed by atoms with Gasteiger partial charge in [-0.2, -0.15) is 13.2 Å². The van der Waals surface area contributed by atoms with Gasteiger partial charge in [0.05, 0.1) is 11.3 Å². The van der Waals surface area contributed by atoms with Crippen molar-refractivity contribution in [3.05, 3.63) is 23.3 Å². The van der Waals surface area contributed by atoms with Crippen molar-refractivity contribution in [2.24, 2.45) is 0 Å². The van der Waals surface area contributed by atoms with Crippen molar-refractivity contribution in [1.29, 1.82) is 0 Å². The van der Waals surface area contributed by atoms with Gasteiger partial charge in [-0.25, -0.2) is 0 Å². The van der Waals surface area contributed by atoms with Crippen LogP contribution < -0.4 is 9.64 Å². The molecule has 0 unspecified atom stereocenters. The number of hydrogen-bond acceptors (Lipinski definition) is 2. The molecule has 6 heteroatoms. The number of halogens is 3. The maximum Gasteiger partial charge on any atom is 0.416 e. The predicted molar refractivity (Wildman–Crippen MR) is 73.7 cm³/mol. The molecule has 2 rings (SSSR count). The first-order chi connectivity index (χ1) is 9.45. The zero-order valence-electron chi connectivity index (χ0n) is 12.6. The molecule has 0 atom stereocenters. The van der Waals surface area contributed by atoms with Crippen molar-refractivity contribution in [3.63, 3.8) is 0 Å². The number of carbonyl (C=O) groups is 1. The van der Waals surface area contributed by atoms with Crippen molar-refractivity contribution in [1.82, 2.24) is 0 Å². The van der Waals surface area contributed by atoms with E-state index in [0.717, 1.165) is 6.07 Å². The second-order valence-corrected chi connectivity index (χ2v) is 6.04. The molecule has 0 spiro atoms. The number of rotatable bonds is 1. The maximum atomic E-state index is 13.2. The largest absolute Gasteiger partial charge is 0.476 e. The number of ether oxygens (including phenoxy) is 1. The van der Waals surface area contributed by atoms with Gasteiger partial charge in [-0.05, 0) is 37.5 Å². The van der Waals surface area contributed by atoms with Gasteiger partial charge in [-0.1, -0.05) is 13.8 Å². The van der Waals surface area contributed by atoms with Gasteiger partial charge in [-0.3, -0.25) is 4.79 Å². The summed E-state index contributed by atoms with van der Waals surface area (Å²) in [5, 5.41) is 0. The van der Waals surface area contributed by atoms with Crippen molar-refractivity contribution in [2.45, 2.75) is 45.4 Å². The van der Waals surface area contributed by atoms with Gasteiger partial charge < -0.3 is 9.64 Å². The van der Waals surface area contributed by atoms with Gasteiger partial charge in [0.1, 0.15) is 5.75 Å². The van der Waals surface area contributed by atoms with Gasteiger partial charge in [0, 0.05) is 7.05 Å². The van der Waals surface area contributed by atoms with Crippen molar-refractivity contribution in [3.8, 4) is 5.75 Å². The monoisotopic (exact) mass is 301 g/mol. The molecule has 1 heterocycles. The van der Waals surface area contributed by atoms with Crippen LogP contribution >= 0.6 is 0 Å². The lowest BCUT2D eigenvalue weighted by atomic mass is 9.94. The molecule has 1 aliphatic rings. The summed E-state index contributed by atoms with van der Waals surface area (Å²) in [5.41, 5.74) is -1.49. The zero-order chi connectivity index (χ0) is 16.2. The molecule has 0 saturated heterocycles. The molecule has 1 amide bonds. The number of carbonyl (C=O) groups excluding carboxylic acids is 1. The topological polar surface area (TPSA) is 29.5 Å². The fourth-order valence-electron chi connectivity index (χ4n) is 2.48. The first-order valence-corrected chi connectivity index (χ1v) is 6.67. The Bertz CT molecular complexity index is 591. The van der Waals surface area contributed by atoms with Crippen molar-refractivity contribution in [2.75, 3.05) is 11.9 Å². The normalized spacial score (nSPS) is 17.8. The highest BCUT2D eigenvalue weighted by Crippen LogP contribution is 2.44. The van der Waals surface area contributed by atoms with Gasteiger partial charge in [0.2, 0.25) is 0 Å². The molecule has 116 valence electrons. The molecule has 1 aromatic rings. The number of nitrogens with zero attached hydrogens (tertiary/aromatic N) is 1. The molecule has 21 heavy (non-hydrogen) atoms. The molecular weight excluding hydrogens is 283 g/mol. The SMILES string of the molecule is CC(C)c1cc2c(cc1C(F)(F)F)N(C)C(=O)C(C)(C)O2. The van der Waals surface area contributed by atoms with E-state index in [1.54, 1.807) is 27.7 Å². The average molecular weight is 301 g/mol. The van der Waals surface area contributed by atoms with Crippen LogP contribution in [0.15, 0.2) is 12.1 Å². The second-order valence-electron chi connectivity index (χ2n) is 6.04. The molecule has 0 fully saturated rings. The Morgan fingerprint density at radius 3 is 2.29 bits per heavy atom. The Morgan fingerprint density at radius 2 is 1.81 bits per heavy atom. The van der Waals surface area contributed by atoms with Gasteiger partial charge in [0.25, 0.3) is 5.91 Å². The first kappa shape index (κ1) is 15.7. The fraction of sp³-hybridized carbons (Fsp3) is 0.533. The van der Waals surface area contributed by atoms with E-state index < -0.39 is 17.3 Å². The zero-order valence-corrected chi connectivity index (χ0v) is 12.6. The van der Waals surface area contributed by atoms with E-state index in [1.165, 1.54) is 18.0 Å². The van der Waals surface area contributed by atoms with Crippen LogP contribution in [0.25, 0.3) is 0 Å². The standard InChI is InChI=1S/C15H18F3NO2/c1-8(2)9-6-12-11(7-10(9)15(16,17)18)19(5)13(20)14(3,4)21-12/h6-8H,1-5H3. The summed E-state index contributed by atoms with van der Waals surface area (Å²) in [6, 6.07) is 2.39. The highest BCUT2D eigenvalue weighted by atomic mass is 19.4. The van der Waals surface area contributed by atoms with Crippen molar-refractivity contribution >= 4 is 11.6 Å². The molecule has 0 aliphatic carbocycles. The average Bonchev–Trinajstić information content (AvgIpc) is 2.33. The summed E-state index contributed by atoms with van der Waals surface area (Å²) in [5.74, 6) is -0.374. The molecule has 0 radical (unpaired) electrons. The van der Waals surface area contributed by atoms with Gasteiger partial charge in [0.15, 0.2) is 5.60 Å². The van der Waals surface area contributed by atoms with Crippen LogP contribution in [0.1, 0.15) is 44.7 Å². The molecule has 1 aliphatic heterocycles. The summed E-state index contributed by atoms with van der Waals surface area (Å²) < 4.78 is 45.2. The van der Waals surface area contributed by atoms with E-state index in [0.29, 0.717) is 5.75 Å². The summed E-state index contributed by atoms with van der Waals surface area (Å²) in [4.78, 5) is 13.3. The lowest BCUT2D eigenvalue weighted by Crippen LogP contribution is -2.51. The number of alkyl halides is 3. The van der Waals surface area contributed by atoms with Crippen LogP contribution in [0.4, 0.5) is 18.9 Å². The number of fused-ring (bicyclic) bond motifs is 1. The van der Waals surface area contributed by atoms with E-state index in [-0.39, 0.29) is 23.1 Å². The Morgan fingerprint density at radius 1 is 1.24 bits per heavy atom. The minimum atomic E-state index is -4.47. The molecule has 0 N–H and O–H groups in total. The van der Waals surface area contributed by atoms with E-state index in [2.05, 4.69) is 0 Å². The van der Waals surface area contributed by atoms with Crippen LogP contribution in [-0.4, -0.2) is 18.6 Å². The minimum Gasteiger partial charge on any atom is -0.476 e. The summed E-state index contributed by atoms with van der Waals surface area (Å²) in [6.07, 6.45) is -4.47. The molecule has 0 aromatic heterocycles. The van der Waals surface area contributed by atoms with Gasteiger partial charge in [-0.15, -0.1) is 0 Å². The summed E-state index contributed by atoms with van der Waals surface area (Å²) in [6.45, 7) is 6.59. The number of amides is 1. The molecule has 0 saturated carbocycles. The van der Waals surface area contributed by atoms with Crippen LogP contribution in [0.3, 0.4) is 0 Å². The Kier molecular flexibility index (Phi) is 3.46. The lowest BCUT2D eigenvalue weighted by Gasteiger charge is -2.37. The third-order valence-corrected chi connectivity index (χ3v) is 3.60. The Hall–Kier alpha value is -1.72. The summed E-state index contributed by atoms with van der Waals surface area (Å²) in [7, 11) is 1.46. The highest BCUT2D eigenvalue weighted by Gasteiger charge is 2.42. The minimum absolute atomic E-state index is 0.149. The smallest absolute Gasteiger partial charge is 0.416 e. The lowest BCUT2D eigenvalue weighted by molar-refractivity contribution is -0.139. The second kappa shape index (κ2) is 4.64. The quantitative estimate of drug-likeness (QED) is 0.785. The molecule has 1 aromatic carbocycles. The first-order valence-electron chi connectivity index (χ1n) is 6.67. The molecular formula is C15H18F3NO2. The number of anilines is 1. The van der Waals surface area contributed by atoms with Crippen LogP contribution in [0.2, 0.25) is 0 Å². The third-order valence-electron chi connectivity index (χ3n) is 3.60. The molecule has 3 nitrogen and oxygen atoms in total. The Labute approximate surface area is 121 Å². The van der Waals surface area contributed by atoms with Crippen LogP contribution in [0, 0.1) is 0 Å². The summed E-state index contributed by atoms with van der Waals surface area (Å²) >= 11 is 0.